The van der Waals surface area contributed by atoms with Gasteiger partial charge in [-0.3, -0.25) is 9.59 Å². The first-order chi connectivity index (χ1) is 14.0. The zero-order valence-corrected chi connectivity index (χ0v) is 16.1. The molecule has 0 unspecified atom stereocenters. The van der Waals surface area contributed by atoms with Crippen LogP contribution in [0.1, 0.15) is 32.9 Å². The number of ether oxygens (including phenoxy) is 1. The van der Waals surface area contributed by atoms with E-state index in [0.717, 1.165) is 24.2 Å². The Kier molecular flexibility index (Phi) is 5.26. The number of anilines is 1. The number of esters is 1. The molecule has 8 heteroatoms. The fourth-order valence-electron chi connectivity index (χ4n) is 2.80. The molecule has 0 spiro atoms. The van der Waals surface area contributed by atoms with Crippen molar-refractivity contribution < 1.29 is 23.5 Å². The molecule has 1 saturated carbocycles. The molecule has 1 aliphatic carbocycles. The maximum Gasteiger partial charge on any atom is 0.348 e. The molecule has 6 nitrogen and oxygen atoms in total. The second-order valence-corrected chi connectivity index (χ2v) is 7.76. The minimum Gasteiger partial charge on any atom is -0.451 e. The summed E-state index contributed by atoms with van der Waals surface area (Å²) in [6.07, 6.45) is 1.91. The van der Waals surface area contributed by atoms with E-state index in [1.165, 1.54) is 12.1 Å². The van der Waals surface area contributed by atoms with Crippen LogP contribution >= 0.6 is 11.3 Å². The standard InChI is InChI=1S/C21H17FN2O4S/c22-15-5-3-7-17-14(15)10-18(29-17)21(27)28-11-19(25)24-16-6-2-1-4-13(16)20(26)23-12-8-9-12/h1-7,10,12H,8-9,11H2,(H,23,26)(H,24,25). The van der Waals surface area contributed by atoms with Crippen LogP contribution in [-0.4, -0.2) is 30.4 Å². The molecule has 2 N–H and O–H groups in total. The lowest BCUT2D eigenvalue weighted by Gasteiger charge is -2.11. The molecular formula is C21H17FN2O4S. The highest BCUT2D eigenvalue weighted by Crippen LogP contribution is 2.28. The number of amides is 2. The van der Waals surface area contributed by atoms with Crippen molar-refractivity contribution >= 4 is 44.9 Å². The molecule has 0 saturated heterocycles. The van der Waals surface area contributed by atoms with Gasteiger partial charge in [-0.15, -0.1) is 11.3 Å². The Bertz CT molecular complexity index is 1110. The number of carbonyl (C=O) groups is 3. The molecule has 148 valence electrons. The van der Waals surface area contributed by atoms with Crippen LogP contribution < -0.4 is 10.6 Å². The van der Waals surface area contributed by atoms with Crippen LogP contribution in [-0.2, 0) is 9.53 Å². The number of benzene rings is 2. The molecule has 3 aromatic rings. The average molecular weight is 412 g/mol. The molecule has 2 aromatic carbocycles. The molecule has 4 rings (SSSR count). The van der Waals surface area contributed by atoms with Crippen molar-refractivity contribution in [3.8, 4) is 0 Å². The number of para-hydroxylation sites is 1. The van der Waals surface area contributed by atoms with Gasteiger partial charge in [-0.1, -0.05) is 18.2 Å². The highest BCUT2D eigenvalue weighted by Gasteiger charge is 2.25. The molecule has 29 heavy (non-hydrogen) atoms. The highest BCUT2D eigenvalue weighted by atomic mass is 32.1. The van der Waals surface area contributed by atoms with Crippen molar-refractivity contribution in [3.05, 3.63) is 64.8 Å². The van der Waals surface area contributed by atoms with E-state index in [0.29, 0.717) is 21.3 Å². The van der Waals surface area contributed by atoms with E-state index < -0.39 is 24.3 Å². The third kappa shape index (κ3) is 4.43. The molecule has 0 radical (unpaired) electrons. The molecule has 0 aliphatic heterocycles. The average Bonchev–Trinajstić information content (AvgIpc) is 3.40. The van der Waals surface area contributed by atoms with Gasteiger partial charge in [-0.25, -0.2) is 9.18 Å². The van der Waals surface area contributed by atoms with Gasteiger partial charge in [0.15, 0.2) is 6.61 Å². The summed E-state index contributed by atoms with van der Waals surface area (Å²) >= 11 is 1.09. The predicted octanol–water partition coefficient (Wildman–Crippen LogP) is 3.73. The molecule has 1 aliphatic rings. The Balaban J connectivity index is 1.38. The summed E-state index contributed by atoms with van der Waals surface area (Å²) in [5, 5.41) is 5.80. The van der Waals surface area contributed by atoms with Gasteiger partial charge in [0.1, 0.15) is 10.7 Å². The third-order valence-electron chi connectivity index (χ3n) is 4.40. The topological polar surface area (TPSA) is 84.5 Å². The lowest BCUT2D eigenvalue weighted by molar-refractivity contribution is -0.119. The Labute approximate surface area is 169 Å². The van der Waals surface area contributed by atoms with Crippen LogP contribution in [0.15, 0.2) is 48.5 Å². The summed E-state index contributed by atoms with van der Waals surface area (Å²) in [4.78, 5) is 36.9. The van der Waals surface area contributed by atoms with Gasteiger partial charge < -0.3 is 15.4 Å². The van der Waals surface area contributed by atoms with E-state index in [9.17, 15) is 18.8 Å². The van der Waals surface area contributed by atoms with Crippen molar-refractivity contribution in [2.75, 3.05) is 11.9 Å². The van der Waals surface area contributed by atoms with Crippen LogP contribution in [0.5, 0.6) is 0 Å². The second-order valence-electron chi connectivity index (χ2n) is 6.68. The number of halogens is 1. The summed E-state index contributed by atoms with van der Waals surface area (Å²) in [7, 11) is 0. The van der Waals surface area contributed by atoms with E-state index in [1.807, 2.05) is 0 Å². The molecular weight excluding hydrogens is 395 g/mol. The van der Waals surface area contributed by atoms with Crippen molar-refractivity contribution in [1.29, 1.82) is 0 Å². The molecule has 1 heterocycles. The fourth-order valence-corrected chi connectivity index (χ4v) is 3.76. The van der Waals surface area contributed by atoms with E-state index >= 15 is 0 Å². The van der Waals surface area contributed by atoms with E-state index in [1.54, 1.807) is 36.4 Å². The van der Waals surface area contributed by atoms with E-state index in [4.69, 9.17) is 4.74 Å². The Hall–Kier alpha value is -3.26. The number of carbonyl (C=O) groups excluding carboxylic acids is 3. The third-order valence-corrected chi connectivity index (χ3v) is 5.48. The summed E-state index contributed by atoms with van der Waals surface area (Å²) in [6.45, 7) is -0.520. The van der Waals surface area contributed by atoms with E-state index in [2.05, 4.69) is 10.6 Å². The second kappa shape index (κ2) is 8.00. The number of fused-ring (bicyclic) bond motifs is 1. The van der Waals surface area contributed by atoms with Gasteiger partial charge in [0.05, 0.1) is 11.3 Å². The Morgan fingerprint density at radius 1 is 1.10 bits per heavy atom. The fraction of sp³-hybridized carbons (Fsp3) is 0.190. The lowest BCUT2D eigenvalue weighted by Crippen LogP contribution is -2.27. The van der Waals surface area contributed by atoms with Gasteiger partial charge in [-0.05, 0) is 43.2 Å². The van der Waals surface area contributed by atoms with Gasteiger partial charge in [0.25, 0.3) is 11.8 Å². The first-order valence-electron chi connectivity index (χ1n) is 9.06. The Morgan fingerprint density at radius 3 is 2.66 bits per heavy atom. The maximum absolute atomic E-state index is 13.8. The molecule has 1 fully saturated rings. The van der Waals surface area contributed by atoms with Crippen molar-refractivity contribution in [2.24, 2.45) is 0 Å². The van der Waals surface area contributed by atoms with Gasteiger partial charge in [0, 0.05) is 16.1 Å². The quantitative estimate of drug-likeness (QED) is 0.605. The van der Waals surface area contributed by atoms with Crippen LogP contribution in [0.25, 0.3) is 10.1 Å². The molecule has 0 bridgehead atoms. The summed E-state index contributed by atoms with van der Waals surface area (Å²) in [6, 6.07) is 12.8. The van der Waals surface area contributed by atoms with Crippen LogP contribution in [0.2, 0.25) is 0 Å². The molecule has 0 atom stereocenters. The predicted molar refractivity (Wildman–Crippen MR) is 108 cm³/mol. The van der Waals surface area contributed by atoms with Crippen molar-refractivity contribution in [2.45, 2.75) is 18.9 Å². The molecule has 2 amide bonds. The first kappa shape index (κ1) is 19.1. The molecule has 1 aromatic heterocycles. The smallest absolute Gasteiger partial charge is 0.348 e. The zero-order valence-electron chi connectivity index (χ0n) is 15.2. The summed E-state index contributed by atoms with van der Waals surface area (Å²) in [5.74, 6) is -1.96. The SMILES string of the molecule is O=C(COC(=O)c1cc2c(F)cccc2s1)Nc1ccccc1C(=O)NC1CC1. The number of rotatable bonds is 6. The van der Waals surface area contributed by atoms with Crippen molar-refractivity contribution in [1.82, 2.24) is 5.32 Å². The normalized spacial score (nSPS) is 13.1. The van der Waals surface area contributed by atoms with Gasteiger partial charge >= 0.3 is 5.97 Å². The summed E-state index contributed by atoms with van der Waals surface area (Å²) < 4.78 is 19.4. The summed E-state index contributed by atoms with van der Waals surface area (Å²) in [5.41, 5.74) is 0.690. The number of hydrogen-bond donors (Lipinski definition) is 2. The largest absolute Gasteiger partial charge is 0.451 e. The van der Waals surface area contributed by atoms with Crippen molar-refractivity contribution in [3.63, 3.8) is 0 Å². The lowest BCUT2D eigenvalue weighted by atomic mass is 10.1. The monoisotopic (exact) mass is 412 g/mol. The maximum atomic E-state index is 13.8. The van der Waals surface area contributed by atoms with Gasteiger partial charge in [0.2, 0.25) is 0 Å². The number of nitrogens with one attached hydrogen (secondary N) is 2. The van der Waals surface area contributed by atoms with Crippen LogP contribution in [0, 0.1) is 5.82 Å². The van der Waals surface area contributed by atoms with Crippen LogP contribution in [0.4, 0.5) is 10.1 Å². The van der Waals surface area contributed by atoms with Crippen LogP contribution in [0.3, 0.4) is 0 Å². The first-order valence-corrected chi connectivity index (χ1v) is 9.88. The minimum absolute atomic E-state index is 0.193. The highest BCUT2D eigenvalue weighted by molar-refractivity contribution is 7.20. The zero-order chi connectivity index (χ0) is 20.4. The van der Waals surface area contributed by atoms with E-state index in [-0.39, 0.29) is 16.8 Å². The minimum atomic E-state index is -0.708. The van der Waals surface area contributed by atoms with Gasteiger partial charge in [-0.2, -0.15) is 0 Å². The number of hydrogen-bond acceptors (Lipinski definition) is 5. The Morgan fingerprint density at radius 2 is 1.90 bits per heavy atom. The number of thiophene rings is 1.